The Morgan fingerprint density at radius 2 is 2.55 bits per heavy atom. The van der Waals surface area contributed by atoms with Crippen LogP contribution in [-0.4, -0.2) is 54.6 Å². The Morgan fingerprint density at radius 3 is 3.25 bits per heavy atom. The molecule has 112 valence electrons. The Bertz CT molecular complexity index is 428. The number of hydrogen-bond acceptors (Lipinski definition) is 5. The van der Waals surface area contributed by atoms with Gasteiger partial charge in [0.1, 0.15) is 6.54 Å². The topological polar surface area (TPSA) is 80.2 Å². The zero-order chi connectivity index (χ0) is 14.4. The number of carbonyl (C=O) groups excluding carboxylic acids is 1. The maximum absolute atomic E-state index is 11.3. The summed E-state index contributed by atoms with van der Waals surface area (Å²) < 4.78 is 7.06. The van der Waals surface area contributed by atoms with Crippen molar-refractivity contribution < 1.29 is 9.53 Å². The molecule has 1 amide bonds. The maximum atomic E-state index is 11.3. The number of carbonyl (C=O) groups is 1. The summed E-state index contributed by atoms with van der Waals surface area (Å²) >= 11 is 0. The second-order valence-electron chi connectivity index (χ2n) is 5.11. The molecule has 20 heavy (non-hydrogen) atoms. The van der Waals surface area contributed by atoms with Crippen LogP contribution in [0.2, 0.25) is 0 Å². The van der Waals surface area contributed by atoms with Crippen molar-refractivity contribution in [3.63, 3.8) is 0 Å². The standard InChI is InChI=1S/C13H23N5O2/c1-10(5-11-9-20-4-3-15-11)17-12-6-16-18(7-12)8-13(19)14-2/h6-7,10-11,15,17H,3-5,8-9H2,1-2H3,(H,14,19). The van der Waals surface area contributed by atoms with E-state index in [0.29, 0.717) is 12.1 Å². The summed E-state index contributed by atoms with van der Waals surface area (Å²) in [6.45, 7) is 4.85. The van der Waals surface area contributed by atoms with Crippen LogP contribution in [0.5, 0.6) is 0 Å². The Balaban J connectivity index is 1.78. The number of hydrogen-bond donors (Lipinski definition) is 3. The first-order chi connectivity index (χ1) is 9.67. The first-order valence-electron chi connectivity index (χ1n) is 6.98. The normalized spacial score (nSPS) is 20.4. The minimum absolute atomic E-state index is 0.0590. The van der Waals surface area contributed by atoms with E-state index in [9.17, 15) is 4.79 Å². The van der Waals surface area contributed by atoms with Crippen molar-refractivity contribution in [3.8, 4) is 0 Å². The quantitative estimate of drug-likeness (QED) is 0.673. The van der Waals surface area contributed by atoms with Crippen molar-refractivity contribution in [2.24, 2.45) is 0 Å². The molecule has 2 unspecified atom stereocenters. The Hall–Kier alpha value is -1.60. The van der Waals surface area contributed by atoms with Crippen LogP contribution in [0.25, 0.3) is 0 Å². The van der Waals surface area contributed by atoms with E-state index >= 15 is 0 Å². The fourth-order valence-electron chi connectivity index (χ4n) is 2.29. The van der Waals surface area contributed by atoms with E-state index in [4.69, 9.17) is 4.74 Å². The van der Waals surface area contributed by atoms with Gasteiger partial charge < -0.3 is 20.7 Å². The molecule has 3 N–H and O–H groups in total. The lowest BCUT2D eigenvalue weighted by atomic mass is 10.1. The van der Waals surface area contributed by atoms with Crippen molar-refractivity contribution in [3.05, 3.63) is 12.4 Å². The smallest absolute Gasteiger partial charge is 0.241 e. The molecule has 0 spiro atoms. The first kappa shape index (κ1) is 14.8. The first-order valence-corrected chi connectivity index (χ1v) is 6.98. The molecular weight excluding hydrogens is 258 g/mol. The highest BCUT2D eigenvalue weighted by Crippen LogP contribution is 2.11. The van der Waals surface area contributed by atoms with Crippen molar-refractivity contribution in [2.45, 2.75) is 32.0 Å². The van der Waals surface area contributed by atoms with Crippen LogP contribution in [0, 0.1) is 0 Å². The molecule has 1 fully saturated rings. The second kappa shape index (κ2) is 7.25. The van der Waals surface area contributed by atoms with Gasteiger partial charge >= 0.3 is 0 Å². The van der Waals surface area contributed by atoms with E-state index in [-0.39, 0.29) is 12.5 Å². The molecule has 0 aromatic carbocycles. The summed E-state index contributed by atoms with van der Waals surface area (Å²) in [7, 11) is 1.62. The molecular formula is C13H23N5O2. The number of likely N-dealkylation sites (N-methyl/N-ethyl adjacent to an activating group) is 1. The number of ether oxygens (including phenoxy) is 1. The van der Waals surface area contributed by atoms with Crippen molar-refractivity contribution >= 4 is 11.6 Å². The predicted molar refractivity (Wildman–Crippen MR) is 76.6 cm³/mol. The lowest BCUT2D eigenvalue weighted by molar-refractivity contribution is -0.121. The molecule has 2 atom stereocenters. The third-order valence-electron chi connectivity index (χ3n) is 3.27. The highest BCUT2D eigenvalue weighted by molar-refractivity contribution is 5.75. The average molecular weight is 281 g/mol. The summed E-state index contributed by atoms with van der Waals surface area (Å²) in [5.41, 5.74) is 0.929. The number of nitrogens with one attached hydrogen (secondary N) is 3. The number of aromatic nitrogens is 2. The Labute approximate surface area is 119 Å². The van der Waals surface area contributed by atoms with E-state index in [1.165, 1.54) is 0 Å². The lowest BCUT2D eigenvalue weighted by Crippen LogP contribution is -2.43. The van der Waals surface area contributed by atoms with E-state index in [2.05, 4.69) is 28.0 Å². The van der Waals surface area contributed by atoms with Crippen molar-refractivity contribution in [1.29, 1.82) is 0 Å². The third-order valence-corrected chi connectivity index (χ3v) is 3.27. The molecule has 0 radical (unpaired) electrons. The molecule has 0 aliphatic carbocycles. The van der Waals surface area contributed by atoms with Gasteiger partial charge in [-0.2, -0.15) is 5.10 Å². The van der Waals surface area contributed by atoms with E-state index in [0.717, 1.165) is 31.9 Å². The fourth-order valence-corrected chi connectivity index (χ4v) is 2.29. The summed E-state index contributed by atoms with van der Waals surface area (Å²) in [5.74, 6) is -0.0590. The Kier molecular flexibility index (Phi) is 5.37. The van der Waals surface area contributed by atoms with Crippen LogP contribution >= 0.6 is 0 Å². The summed E-state index contributed by atoms with van der Waals surface area (Å²) in [4.78, 5) is 11.3. The number of rotatable bonds is 6. The van der Waals surface area contributed by atoms with E-state index < -0.39 is 0 Å². The fraction of sp³-hybridized carbons (Fsp3) is 0.692. The molecule has 7 nitrogen and oxygen atoms in total. The van der Waals surface area contributed by atoms with Gasteiger partial charge in [-0.1, -0.05) is 0 Å². The van der Waals surface area contributed by atoms with E-state index in [1.54, 1.807) is 17.9 Å². The molecule has 1 aromatic heterocycles. The van der Waals surface area contributed by atoms with Gasteiger partial charge in [-0.05, 0) is 13.3 Å². The minimum atomic E-state index is -0.0590. The average Bonchev–Trinajstić information content (AvgIpc) is 2.86. The van der Waals surface area contributed by atoms with E-state index in [1.807, 2.05) is 6.20 Å². The second-order valence-corrected chi connectivity index (χ2v) is 5.11. The zero-order valence-corrected chi connectivity index (χ0v) is 12.1. The van der Waals surface area contributed by atoms with Gasteiger partial charge in [-0.25, -0.2) is 0 Å². The van der Waals surface area contributed by atoms with Crippen molar-refractivity contribution in [1.82, 2.24) is 20.4 Å². The van der Waals surface area contributed by atoms with Gasteiger partial charge in [0.25, 0.3) is 0 Å². The van der Waals surface area contributed by atoms with Gasteiger partial charge in [0.05, 0.1) is 25.1 Å². The minimum Gasteiger partial charge on any atom is -0.380 e. The maximum Gasteiger partial charge on any atom is 0.241 e. The number of morpholine rings is 1. The Morgan fingerprint density at radius 1 is 1.70 bits per heavy atom. The SMILES string of the molecule is CNC(=O)Cn1cc(NC(C)CC2COCCN2)cn1. The third kappa shape index (κ3) is 4.50. The monoisotopic (exact) mass is 281 g/mol. The van der Waals surface area contributed by atoms with Gasteiger partial charge in [0.15, 0.2) is 0 Å². The molecule has 2 rings (SSSR count). The molecule has 1 saturated heterocycles. The molecule has 1 aliphatic heterocycles. The van der Waals surface area contributed by atoms with Gasteiger partial charge in [-0.3, -0.25) is 9.48 Å². The number of anilines is 1. The van der Waals surface area contributed by atoms with Gasteiger partial charge in [0, 0.05) is 31.9 Å². The van der Waals surface area contributed by atoms with Crippen LogP contribution in [0.1, 0.15) is 13.3 Å². The lowest BCUT2D eigenvalue weighted by Gasteiger charge is -2.26. The molecule has 2 heterocycles. The van der Waals surface area contributed by atoms with Crippen LogP contribution in [-0.2, 0) is 16.1 Å². The van der Waals surface area contributed by atoms with Crippen LogP contribution in [0.4, 0.5) is 5.69 Å². The predicted octanol–water partition coefficient (Wildman–Crippen LogP) is -0.192. The largest absolute Gasteiger partial charge is 0.380 e. The van der Waals surface area contributed by atoms with Crippen LogP contribution in [0.15, 0.2) is 12.4 Å². The van der Waals surface area contributed by atoms with Crippen molar-refractivity contribution in [2.75, 3.05) is 32.1 Å². The highest BCUT2D eigenvalue weighted by Gasteiger charge is 2.16. The molecule has 0 bridgehead atoms. The summed E-state index contributed by atoms with van der Waals surface area (Å²) in [6.07, 6.45) is 4.57. The molecule has 1 aromatic rings. The molecule has 7 heteroatoms. The molecule has 0 saturated carbocycles. The zero-order valence-electron chi connectivity index (χ0n) is 12.1. The van der Waals surface area contributed by atoms with Gasteiger partial charge in [0.2, 0.25) is 5.91 Å². The number of nitrogens with zero attached hydrogens (tertiary/aromatic N) is 2. The molecule has 1 aliphatic rings. The highest BCUT2D eigenvalue weighted by atomic mass is 16.5. The summed E-state index contributed by atoms with van der Waals surface area (Å²) in [6, 6.07) is 0.707. The van der Waals surface area contributed by atoms with Crippen LogP contribution in [0.3, 0.4) is 0 Å². The van der Waals surface area contributed by atoms with Crippen LogP contribution < -0.4 is 16.0 Å². The number of amides is 1. The van der Waals surface area contributed by atoms with Gasteiger partial charge in [-0.15, -0.1) is 0 Å². The summed E-state index contributed by atoms with van der Waals surface area (Å²) in [5, 5.41) is 13.6.